The molecule has 0 aliphatic carbocycles. The summed E-state index contributed by atoms with van der Waals surface area (Å²) in [6.07, 6.45) is 2.98. The van der Waals surface area contributed by atoms with Gasteiger partial charge in [-0.2, -0.15) is 10.4 Å². The Labute approximate surface area is 102 Å². The van der Waals surface area contributed by atoms with Crippen molar-refractivity contribution in [1.29, 1.82) is 5.26 Å². The van der Waals surface area contributed by atoms with E-state index in [1.807, 2.05) is 0 Å². The molecule has 0 unspecified atom stereocenters. The molecule has 2 aromatic rings. The number of hydrogen-bond acceptors (Lipinski definition) is 4. The Hall–Kier alpha value is -3.12. The predicted octanol–water partition coefficient (Wildman–Crippen LogP) is 1.66. The topological polar surface area (TPSA) is 84.8 Å². The molecular weight excluding hydrogens is 232 g/mol. The summed E-state index contributed by atoms with van der Waals surface area (Å²) >= 11 is 0. The fourth-order valence-electron chi connectivity index (χ4n) is 1.43. The number of nitro groups is 1. The number of rotatable bonds is 2. The van der Waals surface area contributed by atoms with Gasteiger partial charge in [0, 0.05) is 18.2 Å². The van der Waals surface area contributed by atoms with Crippen LogP contribution in [0.4, 0.5) is 5.69 Å². The number of hydrogen-bond donors (Lipinski definition) is 0. The molecule has 0 radical (unpaired) electrons. The molecule has 0 amide bonds. The molecular formula is C12H6N4O2. The van der Waals surface area contributed by atoms with E-state index in [0.717, 1.165) is 0 Å². The highest BCUT2D eigenvalue weighted by Gasteiger charge is 2.14. The maximum absolute atomic E-state index is 10.9. The van der Waals surface area contributed by atoms with Crippen molar-refractivity contribution >= 4 is 5.69 Å². The van der Waals surface area contributed by atoms with Crippen LogP contribution >= 0.6 is 0 Å². The Bertz CT molecular complexity index is 701. The fraction of sp³-hybridized carbons (Fsp3) is 0. The number of nitrogens with zero attached hydrogens (tertiary/aromatic N) is 4. The van der Waals surface area contributed by atoms with Crippen LogP contribution in [0.25, 0.3) is 5.69 Å². The zero-order valence-corrected chi connectivity index (χ0v) is 9.07. The molecule has 86 valence electrons. The van der Waals surface area contributed by atoms with E-state index in [0.29, 0.717) is 11.3 Å². The average molecular weight is 238 g/mol. The highest BCUT2D eigenvalue weighted by Crippen LogP contribution is 2.21. The van der Waals surface area contributed by atoms with Crippen LogP contribution in [0.3, 0.4) is 0 Å². The van der Waals surface area contributed by atoms with Gasteiger partial charge in [0.1, 0.15) is 5.69 Å². The second-order valence-corrected chi connectivity index (χ2v) is 3.28. The molecule has 0 aliphatic heterocycles. The summed E-state index contributed by atoms with van der Waals surface area (Å²) < 4.78 is 1.36. The Balaban J connectivity index is 2.47. The second kappa shape index (κ2) is 4.81. The lowest BCUT2D eigenvalue weighted by Crippen LogP contribution is -1.99. The van der Waals surface area contributed by atoms with Gasteiger partial charge in [0.2, 0.25) is 0 Å². The molecule has 1 aromatic carbocycles. The largest absolute Gasteiger partial charge is 0.294 e. The van der Waals surface area contributed by atoms with Crippen molar-refractivity contribution in [3.63, 3.8) is 0 Å². The Morgan fingerprint density at radius 1 is 1.39 bits per heavy atom. The van der Waals surface area contributed by atoms with Crippen molar-refractivity contribution in [2.45, 2.75) is 0 Å². The maximum Gasteiger partial charge on any atom is 0.294 e. The van der Waals surface area contributed by atoms with E-state index in [1.165, 1.54) is 23.1 Å². The minimum Gasteiger partial charge on any atom is -0.258 e. The maximum atomic E-state index is 10.9. The molecule has 18 heavy (non-hydrogen) atoms. The van der Waals surface area contributed by atoms with E-state index in [2.05, 4.69) is 16.9 Å². The summed E-state index contributed by atoms with van der Waals surface area (Å²) in [6, 6.07) is 7.95. The van der Waals surface area contributed by atoms with Crippen LogP contribution in [0.15, 0.2) is 36.7 Å². The van der Waals surface area contributed by atoms with Crippen LogP contribution in [0.1, 0.15) is 5.56 Å². The SMILES string of the molecule is N#CC#Cc1cnn(-c2ccccc2[N+](=O)[O-])c1. The standard InChI is InChI=1S/C12H6N4O2/c13-7-3-4-10-8-14-15(9-10)11-5-1-2-6-12(11)16(17)18/h1-2,5-6,8-9H. The van der Waals surface area contributed by atoms with Crippen molar-refractivity contribution < 1.29 is 4.92 Å². The number of benzene rings is 1. The Morgan fingerprint density at radius 2 is 2.17 bits per heavy atom. The zero-order chi connectivity index (χ0) is 13.0. The average Bonchev–Trinajstić information content (AvgIpc) is 2.85. The molecule has 0 fully saturated rings. The number of nitriles is 1. The van der Waals surface area contributed by atoms with Crippen molar-refractivity contribution in [3.05, 3.63) is 52.3 Å². The van der Waals surface area contributed by atoms with Gasteiger partial charge in [-0.05, 0) is 12.0 Å². The lowest BCUT2D eigenvalue weighted by molar-refractivity contribution is -0.384. The molecule has 6 nitrogen and oxygen atoms in total. The summed E-state index contributed by atoms with van der Waals surface area (Å²) in [5.41, 5.74) is 0.836. The van der Waals surface area contributed by atoms with Gasteiger partial charge in [0.05, 0.1) is 16.7 Å². The minimum atomic E-state index is -0.475. The summed E-state index contributed by atoms with van der Waals surface area (Å²) in [5, 5.41) is 23.2. The molecule has 0 atom stereocenters. The van der Waals surface area contributed by atoms with Crippen molar-refractivity contribution in [3.8, 4) is 23.6 Å². The van der Waals surface area contributed by atoms with Gasteiger partial charge in [0.15, 0.2) is 6.07 Å². The van der Waals surface area contributed by atoms with Crippen LogP contribution in [0.5, 0.6) is 0 Å². The molecule has 0 saturated heterocycles. The van der Waals surface area contributed by atoms with Crippen molar-refractivity contribution in [1.82, 2.24) is 9.78 Å². The van der Waals surface area contributed by atoms with Crippen LogP contribution in [0.2, 0.25) is 0 Å². The third-order valence-corrected chi connectivity index (χ3v) is 2.17. The van der Waals surface area contributed by atoms with E-state index in [4.69, 9.17) is 5.26 Å². The van der Waals surface area contributed by atoms with Crippen LogP contribution in [0, 0.1) is 33.3 Å². The summed E-state index contributed by atoms with van der Waals surface area (Å²) in [5.74, 6) is 4.80. The molecule has 1 aromatic heterocycles. The van der Waals surface area contributed by atoms with Gasteiger partial charge in [0.25, 0.3) is 5.69 Å². The van der Waals surface area contributed by atoms with E-state index >= 15 is 0 Å². The van der Waals surface area contributed by atoms with E-state index in [-0.39, 0.29) is 5.69 Å². The zero-order valence-electron chi connectivity index (χ0n) is 9.07. The number of para-hydroxylation sites is 2. The quantitative estimate of drug-likeness (QED) is 0.452. The monoisotopic (exact) mass is 238 g/mol. The Kier molecular flexibility index (Phi) is 3.04. The fourth-order valence-corrected chi connectivity index (χ4v) is 1.43. The van der Waals surface area contributed by atoms with Gasteiger partial charge in [-0.1, -0.05) is 12.1 Å². The van der Waals surface area contributed by atoms with E-state index in [1.54, 1.807) is 24.3 Å². The van der Waals surface area contributed by atoms with Gasteiger partial charge in [-0.25, -0.2) is 4.68 Å². The smallest absolute Gasteiger partial charge is 0.258 e. The summed E-state index contributed by atoms with van der Waals surface area (Å²) in [7, 11) is 0. The van der Waals surface area contributed by atoms with Gasteiger partial charge >= 0.3 is 0 Å². The van der Waals surface area contributed by atoms with Crippen molar-refractivity contribution in [2.75, 3.05) is 0 Å². The highest BCUT2D eigenvalue weighted by atomic mass is 16.6. The molecule has 0 N–H and O–H groups in total. The molecule has 0 saturated carbocycles. The lowest BCUT2D eigenvalue weighted by Gasteiger charge is -2.01. The minimum absolute atomic E-state index is 0.0413. The van der Waals surface area contributed by atoms with E-state index in [9.17, 15) is 10.1 Å². The first kappa shape index (κ1) is 11.4. The Morgan fingerprint density at radius 3 is 2.89 bits per heavy atom. The predicted molar refractivity (Wildman–Crippen MR) is 62.7 cm³/mol. The first-order chi connectivity index (χ1) is 8.72. The normalized spacial score (nSPS) is 9.06. The number of aromatic nitrogens is 2. The third kappa shape index (κ3) is 2.18. The second-order valence-electron chi connectivity index (χ2n) is 3.28. The molecule has 1 heterocycles. The van der Waals surface area contributed by atoms with Gasteiger partial charge < -0.3 is 0 Å². The molecule has 2 rings (SSSR count). The first-order valence-corrected chi connectivity index (χ1v) is 4.91. The van der Waals surface area contributed by atoms with Crippen molar-refractivity contribution in [2.24, 2.45) is 0 Å². The van der Waals surface area contributed by atoms with Gasteiger partial charge in [-0.15, -0.1) is 0 Å². The molecule has 6 heteroatoms. The van der Waals surface area contributed by atoms with E-state index < -0.39 is 4.92 Å². The van der Waals surface area contributed by atoms with Crippen LogP contribution < -0.4 is 0 Å². The number of nitro benzene ring substituents is 1. The molecule has 0 spiro atoms. The van der Waals surface area contributed by atoms with Crippen LogP contribution in [-0.4, -0.2) is 14.7 Å². The summed E-state index contributed by atoms with van der Waals surface area (Å²) in [6.45, 7) is 0. The first-order valence-electron chi connectivity index (χ1n) is 4.91. The summed E-state index contributed by atoms with van der Waals surface area (Å²) in [4.78, 5) is 10.4. The highest BCUT2D eigenvalue weighted by molar-refractivity contribution is 5.52. The molecule has 0 bridgehead atoms. The molecule has 0 aliphatic rings. The van der Waals surface area contributed by atoms with Crippen LogP contribution in [-0.2, 0) is 0 Å². The lowest BCUT2D eigenvalue weighted by atomic mass is 10.2. The van der Waals surface area contributed by atoms with Gasteiger partial charge in [-0.3, -0.25) is 10.1 Å². The third-order valence-electron chi connectivity index (χ3n) is 2.17.